The summed E-state index contributed by atoms with van der Waals surface area (Å²) in [5.41, 5.74) is 2.66. The van der Waals surface area contributed by atoms with Crippen LogP contribution in [0.5, 0.6) is 5.75 Å². The van der Waals surface area contributed by atoms with Crippen LogP contribution >= 0.6 is 0 Å². The topological polar surface area (TPSA) is 26.3 Å². The monoisotopic (exact) mass is 232 g/mol. The van der Waals surface area contributed by atoms with Gasteiger partial charge in [0, 0.05) is 11.8 Å². The Labute approximate surface area is 103 Å². The highest BCUT2D eigenvalue weighted by Crippen LogP contribution is 2.30. The third-order valence-electron chi connectivity index (χ3n) is 3.61. The summed E-state index contributed by atoms with van der Waals surface area (Å²) in [5.74, 6) is 1.64. The maximum Gasteiger partial charge on any atom is 0.138 e. The zero-order valence-electron chi connectivity index (χ0n) is 10.8. The van der Waals surface area contributed by atoms with E-state index in [2.05, 4.69) is 12.1 Å². The lowest BCUT2D eigenvalue weighted by molar-refractivity contribution is -0.126. The van der Waals surface area contributed by atoms with Gasteiger partial charge < -0.3 is 4.74 Å². The minimum Gasteiger partial charge on any atom is -0.497 e. The highest BCUT2D eigenvalue weighted by Gasteiger charge is 2.26. The number of ketones is 1. The number of rotatable bonds is 3. The van der Waals surface area contributed by atoms with Crippen molar-refractivity contribution >= 4 is 5.78 Å². The van der Waals surface area contributed by atoms with E-state index in [-0.39, 0.29) is 11.8 Å². The molecule has 0 aromatic heterocycles. The lowest BCUT2D eigenvalue weighted by Gasteiger charge is -2.25. The van der Waals surface area contributed by atoms with E-state index in [1.54, 1.807) is 7.11 Å². The van der Waals surface area contributed by atoms with E-state index in [0.29, 0.717) is 5.78 Å². The number of fused-ring (bicyclic) bond motifs is 1. The fraction of sp³-hybridized carbons (Fsp3) is 0.533. The van der Waals surface area contributed by atoms with E-state index in [0.717, 1.165) is 25.0 Å². The molecule has 1 aliphatic rings. The van der Waals surface area contributed by atoms with Gasteiger partial charge >= 0.3 is 0 Å². The second-order valence-corrected chi connectivity index (χ2v) is 5.13. The number of benzene rings is 1. The minimum absolute atomic E-state index is 0.146. The fourth-order valence-electron chi connectivity index (χ4n) is 2.57. The van der Waals surface area contributed by atoms with Gasteiger partial charge in [-0.3, -0.25) is 4.79 Å². The molecule has 2 heteroatoms. The van der Waals surface area contributed by atoms with Crippen LogP contribution in [0.3, 0.4) is 0 Å². The number of aryl methyl sites for hydroxylation is 1. The van der Waals surface area contributed by atoms with Crippen LogP contribution in [0.4, 0.5) is 0 Å². The number of hydrogen-bond acceptors (Lipinski definition) is 2. The molecule has 0 spiro atoms. The van der Waals surface area contributed by atoms with Crippen molar-refractivity contribution in [2.45, 2.75) is 33.1 Å². The van der Waals surface area contributed by atoms with Gasteiger partial charge in [0.15, 0.2) is 0 Å². The van der Waals surface area contributed by atoms with Crippen LogP contribution in [-0.4, -0.2) is 12.9 Å². The molecule has 0 radical (unpaired) electrons. The summed E-state index contributed by atoms with van der Waals surface area (Å²) in [4.78, 5) is 12.0. The van der Waals surface area contributed by atoms with Crippen LogP contribution in [0, 0.1) is 11.8 Å². The second-order valence-electron chi connectivity index (χ2n) is 5.13. The van der Waals surface area contributed by atoms with Crippen molar-refractivity contribution in [2.75, 3.05) is 7.11 Å². The van der Waals surface area contributed by atoms with Crippen LogP contribution in [0.15, 0.2) is 18.2 Å². The molecule has 2 nitrogen and oxygen atoms in total. The molecule has 0 heterocycles. The Morgan fingerprint density at radius 3 is 2.76 bits per heavy atom. The van der Waals surface area contributed by atoms with Crippen LogP contribution < -0.4 is 4.74 Å². The van der Waals surface area contributed by atoms with Crippen molar-refractivity contribution in [2.24, 2.45) is 11.8 Å². The van der Waals surface area contributed by atoms with Gasteiger partial charge in [-0.1, -0.05) is 19.9 Å². The van der Waals surface area contributed by atoms with Gasteiger partial charge in [0.25, 0.3) is 0 Å². The summed E-state index contributed by atoms with van der Waals surface area (Å²) in [7, 11) is 1.68. The van der Waals surface area contributed by atoms with Crippen molar-refractivity contribution in [1.29, 1.82) is 0 Å². The first-order chi connectivity index (χ1) is 8.11. The van der Waals surface area contributed by atoms with Gasteiger partial charge in [-0.15, -0.1) is 0 Å². The summed E-state index contributed by atoms with van der Waals surface area (Å²) in [5, 5.41) is 0. The number of Topliss-reactive ketones (excluding diaryl/α,β-unsaturated/α-hetero) is 1. The summed E-state index contributed by atoms with van der Waals surface area (Å²) in [6, 6.07) is 6.21. The third-order valence-corrected chi connectivity index (χ3v) is 3.61. The summed E-state index contributed by atoms with van der Waals surface area (Å²) < 4.78 is 5.24. The first-order valence-electron chi connectivity index (χ1n) is 6.31. The zero-order valence-corrected chi connectivity index (χ0v) is 10.8. The Balaban J connectivity index is 2.19. The molecule has 0 saturated heterocycles. The molecular weight excluding hydrogens is 212 g/mol. The van der Waals surface area contributed by atoms with Gasteiger partial charge in [-0.05, 0) is 42.5 Å². The average molecular weight is 232 g/mol. The second kappa shape index (κ2) is 4.91. The molecule has 17 heavy (non-hydrogen) atoms. The third kappa shape index (κ3) is 2.51. The normalized spacial score (nSPS) is 18.9. The van der Waals surface area contributed by atoms with Gasteiger partial charge in [-0.2, -0.15) is 0 Å². The minimum atomic E-state index is 0.146. The standard InChI is InChI=1S/C15H20O2/c1-10(2)15(16)12-5-4-11-6-7-14(17-3)9-13(11)8-12/h6-7,9-10,12H,4-5,8H2,1-3H3. The Kier molecular flexibility index (Phi) is 3.51. The molecular formula is C15H20O2. The van der Waals surface area contributed by atoms with E-state index in [1.165, 1.54) is 11.1 Å². The molecule has 1 aliphatic carbocycles. The lowest BCUT2D eigenvalue weighted by Crippen LogP contribution is -2.26. The molecule has 1 unspecified atom stereocenters. The SMILES string of the molecule is COc1ccc2c(c1)CC(C(=O)C(C)C)CC2. The van der Waals surface area contributed by atoms with Crippen molar-refractivity contribution in [3.63, 3.8) is 0 Å². The number of carbonyl (C=O) groups is 1. The largest absolute Gasteiger partial charge is 0.497 e. The Morgan fingerprint density at radius 2 is 2.12 bits per heavy atom. The number of methoxy groups -OCH3 is 1. The molecule has 0 bridgehead atoms. The predicted octanol–water partition coefficient (Wildman–Crippen LogP) is 3.03. The van der Waals surface area contributed by atoms with Crippen molar-refractivity contribution in [1.82, 2.24) is 0 Å². The number of hydrogen-bond donors (Lipinski definition) is 0. The smallest absolute Gasteiger partial charge is 0.138 e. The van der Waals surface area contributed by atoms with Gasteiger partial charge in [0.2, 0.25) is 0 Å². The Hall–Kier alpha value is -1.31. The van der Waals surface area contributed by atoms with E-state index in [9.17, 15) is 4.79 Å². The molecule has 0 N–H and O–H groups in total. The molecule has 0 aliphatic heterocycles. The van der Waals surface area contributed by atoms with Gasteiger partial charge in [-0.25, -0.2) is 0 Å². The molecule has 0 fully saturated rings. The maximum atomic E-state index is 12.0. The van der Waals surface area contributed by atoms with Crippen molar-refractivity contribution < 1.29 is 9.53 Å². The molecule has 0 amide bonds. The first kappa shape index (κ1) is 12.2. The van der Waals surface area contributed by atoms with E-state index < -0.39 is 0 Å². The number of carbonyl (C=O) groups excluding carboxylic acids is 1. The first-order valence-corrected chi connectivity index (χ1v) is 6.31. The lowest BCUT2D eigenvalue weighted by atomic mass is 9.79. The number of ether oxygens (including phenoxy) is 1. The molecule has 1 aromatic carbocycles. The molecule has 0 saturated carbocycles. The van der Waals surface area contributed by atoms with Crippen LogP contribution in [0.1, 0.15) is 31.4 Å². The molecule has 2 rings (SSSR count). The summed E-state index contributed by atoms with van der Waals surface area (Å²) in [6.07, 6.45) is 2.89. The van der Waals surface area contributed by atoms with E-state index >= 15 is 0 Å². The summed E-state index contributed by atoms with van der Waals surface area (Å²) in [6.45, 7) is 3.98. The van der Waals surface area contributed by atoms with E-state index in [1.807, 2.05) is 19.9 Å². The van der Waals surface area contributed by atoms with E-state index in [4.69, 9.17) is 4.74 Å². The fourth-order valence-corrected chi connectivity index (χ4v) is 2.57. The highest BCUT2D eigenvalue weighted by atomic mass is 16.5. The van der Waals surface area contributed by atoms with Gasteiger partial charge in [0.05, 0.1) is 7.11 Å². The quantitative estimate of drug-likeness (QED) is 0.800. The van der Waals surface area contributed by atoms with Gasteiger partial charge in [0.1, 0.15) is 11.5 Å². The van der Waals surface area contributed by atoms with Crippen molar-refractivity contribution in [3.05, 3.63) is 29.3 Å². The Bertz CT molecular complexity index is 421. The molecule has 1 aromatic rings. The molecule has 92 valence electrons. The predicted molar refractivity (Wildman–Crippen MR) is 68.4 cm³/mol. The Morgan fingerprint density at radius 1 is 1.35 bits per heavy atom. The van der Waals surface area contributed by atoms with Crippen molar-refractivity contribution in [3.8, 4) is 5.75 Å². The van der Waals surface area contributed by atoms with Crippen LogP contribution in [0.2, 0.25) is 0 Å². The summed E-state index contributed by atoms with van der Waals surface area (Å²) >= 11 is 0. The molecule has 1 atom stereocenters. The van der Waals surface area contributed by atoms with Crippen LogP contribution in [0.25, 0.3) is 0 Å². The highest BCUT2D eigenvalue weighted by molar-refractivity contribution is 5.83. The average Bonchev–Trinajstić information content (AvgIpc) is 2.36. The maximum absolute atomic E-state index is 12.0. The zero-order chi connectivity index (χ0) is 12.4. The van der Waals surface area contributed by atoms with Crippen LogP contribution in [-0.2, 0) is 17.6 Å².